The van der Waals surface area contributed by atoms with Crippen molar-refractivity contribution in [3.8, 4) is 22.6 Å². The summed E-state index contributed by atoms with van der Waals surface area (Å²) in [5.41, 5.74) is 3.66. The van der Waals surface area contributed by atoms with Gasteiger partial charge in [0.05, 0.1) is 13.7 Å². The van der Waals surface area contributed by atoms with Gasteiger partial charge in [0.15, 0.2) is 0 Å². The highest BCUT2D eigenvalue weighted by molar-refractivity contribution is 5.93. The van der Waals surface area contributed by atoms with E-state index in [1.165, 1.54) is 16.7 Å². The first kappa shape index (κ1) is 17.2. The summed E-state index contributed by atoms with van der Waals surface area (Å²) in [6.07, 6.45) is 0.877. The first-order valence-corrected chi connectivity index (χ1v) is 9.17. The van der Waals surface area contributed by atoms with Gasteiger partial charge in [-0.25, -0.2) is 0 Å². The summed E-state index contributed by atoms with van der Waals surface area (Å²) >= 11 is 0. The van der Waals surface area contributed by atoms with E-state index in [9.17, 15) is 0 Å². The summed E-state index contributed by atoms with van der Waals surface area (Å²) in [6, 6.07) is 31.3. The van der Waals surface area contributed by atoms with Gasteiger partial charge >= 0.3 is 0 Å². The van der Waals surface area contributed by atoms with Gasteiger partial charge in [0, 0.05) is 17.9 Å². The van der Waals surface area contributed by atoms with Crippen LogP contribution in [0.3, 0.4) is 0 Å². The Kier molecular flexibility index (Phi) is 5.06. The van der Waals surface area contributed by atoms with Gasteiger partial charge in [-0.2, -0.15) is 0 Å². The van der Waals surface area contributed by atoms with Crippen molar-refractivity contribution in [2.45, 2.75) is 6.42 Å². The number of hydrogen-bond acceptors (Lipinski definition) is 2. The number of benzene rings is 4. The lowest BCUT2D eigenvalue weighted by Gasteiger charge is -2.13. The van der Waals surface area contributed by atoms with Crippen molar-refractivity contribution in [1.29, 1.82) is 0 Å². The lowest BCUT2D eigenvalue weighted by molar-refractivity contribution is 0.323. The molecular formula is C25H22O2. The van der Waals surface area contributed by atoms with Gasteiger partial charge in [0.25, 0.3) is 0 Å². The minimum Gasteiger partial charge on any atom is -0.497 e. The van der Waals surface area contributed by atoms with Crippen molar-refractivity contribution in [2.75, 3.05) is 13.7 Å². The van der Waals surface area contributed by atoms with Gasteiger partial charge < -0.3 is 9.47 Å². The third-order valence-electron chi connectivity index (χ3n) is 4.72. The van der Waals surface area contributed by atoms with Crippen LogP contribution in [0.5, 0.6) is 11.5 Å². The Bertz CT molecular complexity index is 1020. The largest absolute Gasteiger partial charge is 0.497 e. The molecule has 4 aromatic carbocycles. The van der Waals surface area contributed by atoms with Crippen LogP contribution in [-0.4, -0.2) is 13.7 Å². The van der Waals surface area contributed by atoms with E-state index in [4.69, 9.17) is 9.47 Å². The zero-order valence-corrected chi connectivity index (χ0v) is 15.4. The van der Waals surface area contributed by atoms with Crippen molar-refractivity contribution in [3.05, 3.63) is 96.6 Å². The van der Waals surface area contributed by atoms with E-state index in [2.05, 4.69) is 72.8 Å². The van der Waals surface area contributed by atoms with Crippen LogP contribution in [0.1, 0.15) is 5.56 Å². The van der Waals surface area contributed by atoms with Gasteiger partial charge in [-0.05, 0) is 34.2 Å². The number of hydrogen-bond donors (Lipinski definition) is 0. The van der Waals surface area contributed by atoms with Crippen LogP contribution < -0.4 is 9.47 Å². The second-order valence-electron chi connectivity index (χ2n) is 6.51. The second-order valence-corrected chi connectivity index (χ2v) is 6.51. The van der Waals surface area contributed by atoms with E-state index in [0.29, 0.717) is 6.61 Å². The first-order chi connectivity index (χ1) is 13.3. The SMILES string of the molecule is COc1cc(OCCc2ccccc2)c2ccc(-c3ccccc3)cc2c1. The van der Waals surface area contributed by atoms with E-state index in [1.807, 2.05) is 18.2 Å². The minimum absolute atomic E-state index is 0.632. The normalized spacial score (nSPS) is 10.7. The number of rotatable bonds is 6. The van der Waals surface area contributed by atoms with Crippen molar-refractivity contribution in [1.82, 2.24) is 0 Å². The molecule has 0 spiro atoms. The molecule has 4 aromatic rings. The highest BCUT2D eigenvalue weighted by Gasteiger charge is 2.08. The van der Waals surface area contributed by atoms with E-state index < -0.39 is 0 Å². The van der Waals surface area contributed by atoms with Gasteiger partial charge in [-0.3, -0.25) is 0 Å². The molecule has 2 heteroatoms. The van der Waals surface area contributed by atoms with E-state index >= 15 is 0 Å². The standard InChI is InChI=1S/C25H22O2/c1-26-23-17-22-16-21(20-10-6-3-7-11-20)12-13-24(22)25(18-23)27-15-14-19-8-4-2-5-9-19/h2-13,16-18H,14-15H2,1H3. The first-order valence-electron chi connectivity index (χ1n) is 9.17. The molecule has 0 aliphatic carbocycles. The molecular weight excluding hydrogens is 332 g/mol. The Morgan fingerprint density at radius 1 is 0.704 bits per heavy atom. The van der Waals surface area contributed by atoms with Crippen LogP contribution in [0.25, 0.3) is 21.9 Å². The fraction of sp³-hybridized carbons (Fsp3) is 0.120. The molecule has 4 rings (SSSR count). The summed E-state index contributed by atoms with van der Waals surface area (Å²) < 4.78 is 11.6. The maximum Gasteiger partial charge on any atom is 0.130 e. The molecule has 0 fully saturated rings. The van der Waals surface area contributed by atoms with Crippen LogP contribution in [0.15, 0.2) is 91.0 Å². The van der Waals surface area contributed by atoms with Gasteiger partial charge in [-0.15, -0.1) is 0 Å². The fourth-order valence-corrected chi connectivity index (χ4v) is 3.28. The highest BCUT2D eigenvalue weighted by Crippen LogP contribution is 2.34. The summed E-state index contributed by atoms with van der Waals surface area (Å²) in [5, 5.41) is 2.22. The maximum absolute atomic E-state index is 6.13. The molecule has 0 unspecified atom stereocenters. The van der Waals surface area contributed by atoms with Gasteiger partial charge in [0.1, 0.15) is 11.5 Å². The molecule has 0 radical (unpaired) electrons. The second kappa shape index (κ2) is 7.96. The monoisotopic (exact) mass is 354 g/mol. The number of fused-ring (bicyclic) bond motifs is 1. The molecule has 0 aliphatic rings. The highest BCUT2D eigenvalue weighted by atomic mass is 16.5. The van der Waals surface area contributed by atoms with E-state index in [-0.39, 0.29) is 0 Å². The molecule has 0 aliphatic heterocycles. The van der Waals surface area contributed by atoms with Crippen LogP contribution in [0.4, 0.5) is 0 Å². The third-order valence-corrected chi connectivity index (χ3v) is 4.72. The summed E-state index contributed by atoms with van der Waals surface area (Å²) in [4.78, 5) is 0. The molecule has 134 valence electrons. The number of methoxy groups -OCH3 is 1. The predicted octanol–water partition coefficient (Wildman–Crippen LogP) is 6.14. The molecule has 0 bridgehead atoms. The van der Waals surface area contributed by atoms with Crippen LogP contribution in [-0.2, 0) is 6.42 Å². The Balaban J connectivity index is 1.63. The van der Waals surface area contributed by atoms with Crippen LogP contribution in [0, 0.1) is 0 Å². The average Bonchev–Trinajstić information content (AvgIpc) is 2.74. The van der Waals surface area contributed by atoms with Crippen molar-refractivity contribution in [2.24, 2.45) is 0 Å². The minimum atomic E-state index is 0.632. The van der Waals surface area contributed by atoms with Crippen LogP contribution in [0.2, 0.25) is 0 Å². The fourth-order valence-electron chi connectivity index (χ4n) is 3.28. The smallest absolute Gasteiger partial charge is 0.130 e. The molecule has 0 atom stereocenters. The molecule has 2 nitrogen and oxygen atoms in total. The quantitative estimate of drug-likeness (QED) is 0.414. The molecule has 0 saturated carbocycles. The zero-order chi connectivity index (χ0) is 18.5. The Hall–Kier alpha value is -3.26. The molecule has 0 aromatic heterocycles. The molecule has 0 heterocycles. The summed E-state index contributed by atoms with van der Waals surface area (Å²) in [7, 11) is 1.69. The summed E-state index contributed by atoms with van der Waals surface area (Å²) in [6.45, 7) is 0.632. The van der Waals surface area contributed by atoms with Crippen molar-refractivity contribution in [3.63, 3.8) is 0 Å². The lowest BCUT2D eigenvalue weighted by Crippen LogP contribution is -2.02. The molecule has 0 N–H and O–H groups in total. The Morgan fingerprint density at radius 3 is 2.19 bits per heavy atom. The van der Waals surface area contributed by atoms with E-state index in [1.54, 1.807) is 7.11 Å². The number of ether oxygens (including phenoxy) is 2. The van der Waals surface area contributed by atoms with E-state index in [0.717, 1.165) is 28.7 Å². The Labute approximate surface area is 160 Å². The predicted molar refractivity (Wildman–Crippen MR) is 112 cm³/mol. The topological polar surface area (TPSA) is 18.5 Å². The lowest BCUT2D eigenvalue weighted by atomic mass is 10.0. The maximum atomic E-state index is 6.13. The molecule has 27 heavy (non-hydrogen) atoms. The average molecular weight is 354 g/mol. The van der Waals surface area contributed by atoms with Gasteiger partial charge in [-0.1, -0.05) is 72.8 Å². The third kappa shape index (κ3) is 3.95. The molecule has 0 saturated heterocycles. The van der Waals surface area contributed by atoms with Crippen molar-refractivity contribution >= 4 is 10.8 Å². The van der Waals surface area contributed by atoms with Crippen molar-refractivity contribution < 1.29 is 9.47 Å². The van der Waals surface area contributed by atoms with Crippen LogP contribution >= 0.6 is 0 Å². The molecule has 0 amide bonds. The summed E-state index contributed by atoms with van der Waals surface area (Å²) in [5.74, 6) is 1.67. The zero-order valence-electron chi connectivity index (χ0n) is 15.4. The Morgan fingerprint density at radius 2 is 1.44 bits per heavy atom. The van der Waals surface area contributed by atoms with Gasteiger partial charge in [0.2, 0.25) is 0 Å².